The van der Waals surface area contributed by atoms with Crippen molar-refractivity contribution in [2.24, 2.45) is 0 Å². The van der Waals surface area contributed by atoms with Crippen molar-refractivity contribution in [1.82, 2.24) is 0 Å². The van der Waals surface area contributed by atoms with Gasteiger partial charge in [0, 0.05) is 12.5 Å². The van der Waals surface area contributed by atoms with E-state index in [0.717, 1.165) is 13.0 Å². The van der Waals surface area contributed by atoms with E-state index in [1.54, 1.807) is 0 Å². The van der Waals surface area contributed by atoms with Crippen LogP contribution in [0.1, 0.15) is 31.7 Å². The minimum absolute atomic E-state index is 0.0152. The van der Waals surface area contributed by atoms with Crippen LogP contribution in [0.5, 0.6) is 0 Å². The molecule has 0 N–H and O–H groups in total. The Morgan fingerprint density at radius 1 is 1.23 bits per heavy atom. The molecule has 1 aromatic carbocycles. The summed E-state index contributed by atoms with van der Waals surface area (Å²) < 4.78 is 5.71. The molecule has 13 heavy (non-hydrogen) atoms. The summed E-state index contributed by atoms with van der Waals surface area (Å²) >= 11 is 0. The first kappa shape index (κ1) is 8.76. The van der Waals surface area contributed by atoms with E-state index in [1.807, 2.05) is 0 Å². The number of hydrogen-bond donors (Lipinski definition) is 0. The molecule has 0 aliphatic carbocycles. The van der Waals surface area contributed by atoms with Crippen LogP contribution in [-0.4, -0.2) is 12.2 Å². The average Bonchev–Trinajstić information content (AvgIpc) is 2.47. The highest BCUT2D eigenvalue weighted by atomic mass is 16.5. The van der Waals surface area contributed by atoms with E-state index in [4.69, 9.17) is 4.74 Å². The van der Waals surface area contributed by atoms with Gasteiger partial charge in [-0.15, -0.1) is 0 Å². The molecule has 0 aromatic heterocycles. The van der Waals surface area contributed by atoms with Crippen LogP contribution >= 0.6 is 0 Å². The molecule has 0 spiro atoms. The molecule has 1 nitrogen and oxygen atoms in total. The van der Waals surface area contributed by atoms with Crippen molar-refractivity contribution in [2.75, 3.05) is 6.61 Å². The van der Waals surface area contributed by atoms with Gasteiger partial charge in [-0.3, -0.25) is 0 Å². The van der Waals surface area contributed by atoms with Crippen molar-refractivity contribution in [2.45, 2.75) is 31.8 Å². The van der Waals surface area contributed by atoms with Crippen molar-refractivity contribution < 1.29 is 4.74 Å². The normalized spacial score (nSPS) is 26.2. The SMILES string of the molecule is CC1(C)OCCC1c1ccccc1. The summed E-state index contributed by atoms with van der Waals surface area (Å²) in [6, 6.07) is 10.7. The Morgan fingerprint density at radius 3 is 2.46 bits per heavy atom. The molecule has 2 rings (SSSR count). The summed E-state index contributed by atoms with van der Waals surface area (Å²) in [6.45, 7) is 5.25. The van der Waals surface area contributed by atoms with Gasteiger partial charge >= 0.3 is 0 Å². The third kappa shape index (κ3) is 1.61. The van der Waals surface area contributed by atoms with Crippen LogP contribution in [0.3, 0.4) is 0 Å². The lowest BCUT2D eigenvalue weighted by Gasteiger charge is -2.25. The van der Waals surface area contributed by atoms with Gasteiger partial charge in [0.25, 0.3) is 0 Å². The summed E-state index contributed by atoms with van der Waals surface area (Å²) in [4.78, 5) is 0. The lowest BCUT2D eigenvalue weighted by Crippen LogP contribution is -2.25. The summed E-state index contributed by atoms with van der Waals surface area (Å²) in [6.07, 6.45) is 1.15. The van der Waals surface area contributed by atoms with E-state index in [9.17, 15) is 0 Å². The topological polar surface area (TPSA) is 9.23 Å². The highest BCUT2D eigenvalue weighted by Crippen LogP contribution is 2.39. The maximum Gasteiger partial charge on any atom is 0.0695 e. The van der Waals surface area contributed by atoms with Crippen LogP contribution in [0.25, 0.3) is 0 Å². The Kier molecular flexibility index (Phi) is 2.12. The minimum atomic E-state index is 0.0152. The molecule has 0 amide bonds. The maximum absolute atomic E-state index is 5.71. The van der Waals surface area contributed by atoms with Gasteiger partial charge in [-0.2, -0.15) is 0 Å². The number of benzene rings is 1. The van der Waals surface area contributed by atoms with Gasteiger partial charge in [-0.05, 0) is 25.8 Å². The van der Waals surface area contributed by atoms with Gasteiger partial charge in [-0.1, -0.05) is 30.3 Å². The van der Waals surface area contributed by atoms with Crippen LogP contribution in [0.4, 0.5) is 0 Å². The Labute approximate surface area is 79.7 Å². The summed E-state index contributed by atoms with van der Waals surface area (Å²) in [5.74, 6) is 0.564. The van der Waals surface area contributed by atoms with Gasteiger partial charge in [-0.25, -0.2) is 0 Å². The molecule has 1 heterocycles. The van der Waals surface area contributed by atoms with E-state index in [2.05, 4.69) is 44.2 Å². The number of rotatable bonds is 1. The first-order valence-electron chi connectivity index (χ1n) is 4.89. The molecule has 1 aliphatic rings. The van der Waals surface area contributed by atoms with E-state index in [1.165, 1.54) is 5.56 Å². The molecule has 1 heteroatoms. The molecule has 1 unspecified atom stereocenters. The van der Waals surface area contributed by atoms with Crippen molar-refractivity contribution in [3.05, 3.63) is 35.9 Å². The average molecular weight is 176 g/mol. The molecule has 1 aromatic rings. The zero-order valence-corrected chi connectivity index (χ0v) is 8.29. The maximum atomic E-state index is 5.71. The van der Waals surface area contributed by atoms with E-state index >= 15 is 0 Å². The Morgan fingerprint density at radius 2 is 1.92 bits per heavy atom. The Balaban J connectivity index is 2.27. The highest BCUT2D eigenvalue weighted by molar-refractivity contribution is 5.23. The fraction of sp³-hybridized carbons (Fsp3) is 0.500. The second kappa shape index (κ2) is 3.15. The fourth-order valence-corrected chi connectivity index (χ4v) is 2.14. The first-order chi connectivity index (χ1) is 6.20. The van der Waals surface area contributed by atoms with E-state index in [-0.39, 0.29) is 5.60 Å². The second-order valence-electron chi connectivity index (χ2n) is 4.20. The van der Waals surface area contributed by atoms with Gasteiger partial charge in [0.2, 0.25) is 0 Å². The summed E-state index contributed by atoms with van der Waals surface area (Å²) in [5, 5.41) is 0. The molecule has 70 valence electrons. The minimum Gasteiger partial charge on any atom is -0.375 e. The second-order valence-corrected chi connectivity index (χ2v) is 4.20. The number of ether oxygens (including phenoxy) is 1. The van der Waals surface area contributed by atoms with E-state index in [0.29, 0.717) is 5.92 Å². The highest BCUT2D eigenvalue weighted by Gasteiger charge is 2.36. The molecule has 1 saturated heterocycles. The summed E-state index contributed by atoms with van der Waals surface area (Å²) in [5.41, 5.74) is 1.42. The quantitative estimate of drug-likeness (QED) is 0.639. The number of hydrogen-bond acceptors (Lipinski definition) is 1. The zero-order valence-electron chi connectivity index (χ0n) is 8.29. The van der Waals surface area contributed by atoms with Crippen LogP contribution in [0, 0.1) is 0 Å². The fourth-order valence-electron chi connectivity index (χ4n) is 2.14. The first-order valence-corrected chi connectivity index (χ1v) is 4.89. The van der Waals surface area contributed by atoms with Gasteiger partial charge in [0.05, 0.1) is 5.60 Å². The lowest BCUT2D eigenvalue weighted by atomic mass is 9.85. The molecule has 0 radical (unpaired) electrons. The van der Waals surface area contributed by atoms with Crippen molar-refractivity contribution in [3.8, 4) is 0 Å². The largest absolute Gasteiger partial charge is 0.375 e. The monoisotopic (exact) mass is 176 g/mol. The molecular weight excluding hydrogens is 160 g/mol. The Bertz CT molecular complexity index is 276. The van der Waals surface area contributed by atoms with Gasteiger partial charge in [0.1, 0.15) is 0 Å². The summed E-state index contributed by atoms with van der Waals surface area (Å²) in [7, 11) is 0. The van der Waals surface area contributed by atoms with Crippen LogP contribution in [0.15, 0.2) is 30.3 Å². The van der Waals surface area contributed by atoms with Crippen LogP contribution in [0.2, 0.25) is 0 Å². The molecule has 1 fully saturated rings. The van der Waals surface area contributed by atoms with Crippen molar-refractivity contribution >= 4 is 0 Å². The molecule has 0 saturated carbocycles. The molecule has 1 aliphatic heterocycles. The van der Waals surface area contributed by atoms with Crippen LogP contribution in [-0.2, 0) is 4.74 Å². The van der Waals surface area contributed by atoms with Gasteiger partial charge in [0.15, 0.2) is 0 Å². The van der Waals surface area contributed by atoms with Gasteiger partial charge < -0.3 is 4.74 Å². The lowest BCUT2D eigenvalue weighted by molar-refractivity contribution is 0.0271. The predicted molar refractivity (Wildman–Crippen MR) is 53.8 cm³/mol. The smallest absolute Gasteiger partial charge is 0.0695 e. The third-order valence-electron chi connectivity index (χ3n) is 2.92. The predicted octanol–water partition coefficient (Wildman–Crippen LogP) is 2.97. The Hall–Kier alpha value is -0.820. The standard InChI is InChI=1S/C12H16O/c1-12(2)11(8-9-13-12)10-6-4-3-5-7-10/h3-7,11H,8-9H2,1-2H3. The van der Waals surface area contributed by atoms with Crippen LogP contribution < -0.4 is 0 Å². The molecule has 0 bridgehead atoms. The van der Waals surface area contributed by atoms with Crippen molar-refractivity contribution in [1.29, 1.82) is 0 Å². The molecule has 1 atom stereocenters. The molecular formula is C12H16O. The van der Waals surface area contributed by atoms with Crippen molar-refractivity contribution in [3.63, 3.8) is 0 Å². The van der Waals surface area contributed by atoms with E-state index < -0.39 is 0 Å². The zero-order chi connectivity index (χ0) is 9.31. The third-order valence-corrected chi connectivity index (χ3v) is 2.92.